The third-order valence-corrected chi connectivity index (χ3v) is 3.93. The van der Waals surface area contributed by atoms with Gasteiger partial charge in [-0.05, 0) is 37.5 Å². The van der Waals surface area contributed by atoms with Crippen molar-refractivity contribution in [2.24, 2.45) is 0 Å². The summed E-state index contributed by atoms with van der Waals surface area (Å²) in [6, 6.07) is 6.37. The molecular weight excluding hydrogens is 206 g/mol. The maximum atomic E-state index is 13.9. The van der Waals surface area contributed by atoms with Crippen LogP contribution < -0.4 is 0 Å². The minimum absolute atomic E-state index is 0.249. The van der Waals surface area contributed by atoms with Crippen LogP contribution in [0.25, 0.3) is 0 Å². The summed E-state index contributed by atoms with van der Waals surface area (Å²) in [6.07, 6.45) is 4.25. The second-order valence-corrected chi connectivity index (χ2v) is 4.84. The first-order chi connectivity index (χ1) is 7.65. The van der Waals surface area contributed by atoms with E-state index in [2.05, 4.69) is 0 Å². The lowest BCUT2D eigenvalue weighted by atomic mass is 9.67. The third-order valence-electron chi connectivity index (χ3n) is 3.93. The van der Waals surface area contributed by atoms with Crippen LogP contribution in [0, 0.1) is 5.82 Å². The first kappa shape index (κ1) is 11.6. The van der Waals surface area contributed by atoms with E-state index in [1.165, 1.54) is 18.6 Å². The molecule has 0 heterocycles. The van der Waals surface area contributed by atoms with Gasteiger partial charge in [-0.25, -0.2) is 8.78 Å². The Kier molecular flexibility index (Phi) is 3.27. The van der Waals surface area contributed by atoms with Gasteiger partial charge in [0, 0.05) is 5.41 Å². The normalized spacial score (nSPS) is 21.7. The van der Waals surface area contributed by atoms with Gasteiger partial charge >= 0.3 is 0 Å². The molecule has 1 aliphatic carbocycles. The van der Waals surface area contributed by atoms with Gasteiger partial charge < -0.3 is 0 Å². The van der Waals surface area contributed by atoms with Gasteiger partial charge in [0.05, 0.1) is 0 Å². The molecule has 0 bridgehead atoms. The standard InChI is InChI=1S/C14H18F2/c1-11(15)14(9-3-2-4-10-14)12-5-7-13(16)8-6-12/h5-8,11H,2-4,9-10H2,1H3. The van der Waals surface area contributed by atoms with E-state index in [0.29, 0.717) is 0 Å². The fraction of sp³-hybridized carbons (Fsp3) is 0.571. The Morgan fingerprint density at radius 1 is 1.06 bits per heavy atom. The number of benzene rings is 1. The Balaban J connectivity index is 2.34. The summed E-state index contributed by atoms with van der Waals surface area (Å²) < 4.78 is 26.8. The predicted octanol–water partition coefficient (Wildman–Crippen LogP) is 4.39. The minimum atomic E-state index is -0.863. The fourth-order valence-corrected chi connectivity index (χ4v) is 2.88. The summed E-state index contributed by atoms with van der Waals surface area (Å²) in [5.41, 5.74) is 0.593. The minimum Gasteiger partial charge on any atom is -0.247 e. The van der Waals surface area contributed by atoms with Crippen LogP contribution in [-0.2, 0) is 5.41 Å². The van der Waals surface area contributed by atoms with Crippen LogP contribution in [0.2, 0.25) is 0 Å². The highest BCUT2D eigenvalue weighted by Gasteiger charge is 2.39. The summed E-state index contributed by atoms with van der Waals surface area (Å²) in [5.74, 6) is -0.249. The number of hydrogen-bond donors (Lipinski definition) is 0. The van der Waals surface area contributed by atoms with Crippen molar-refractivity contribution in [1.29, 1.82) is 0 Å². The van der Waals surface area contributed by atoms with Gasteiger partial charge in [-0.1, -0.05) is 31.4 Å². The predicted molar refractivity (Wildman–Crippen MR) is 61.7 cm³/mol. The summed E-state index contributed by atoms with van der Waals surface area (Å²) >= 11 is 0. The largest absolute Gasteiger partial charge is 0.247 e. The average Bonchev–Trinajstić information content (AvgIpc) is 2.30. The summed E-state index contributed by atoms with van der Waals surface area (Å²) in [7, 11) is 0. The number of hydrogen-bond acceptors (Lipinski definition) is 0. The molecule has 88 valence electrons. The molecule has 2 rings (SSSR count). The lowest BCUT2D eigenvalue weighted by Gasteiger charge is -2.39. The molecule has 1 aliphatic rings. The van der Waals surface area contributed by atoms with Crippen LogP contribution in [0.5, 0.6) is 0 Å². The Hall–Kier alpha value is -0.920. The number of rotatable bonds is 2. The van der Waals surface area contributed by atoms with E-state index in [1.807, 2.05) is 0 Å². The van der Waals surface area contributed by atoms with Gasteiger partial charge in [0.15, 0.2) is 0 Å². The van der Waals surface area contributed by atoms with Gasteiger partial charge in [-0.2, -0.15) is 0 Å². The van der Waals surface area contributed by atoms with Gasteiger partial charge in [-0.15, -0.1) is 0 Å². The zero-order chi connectivity index (χ0) is 11.6. The zero-order valence-corrected chi connectivity index (χ0v) is 9.68. The van der Waals surface area contributed by atoms with Crippen molar-refractivity contribution in [3.63, 3.8) is 0 Å². The molecule has 0 aromatic heterocycles. The highest BCUT2D eigenvalue weighted by Crippen LogP contribution is 2.43. The van der Waals surface area contributed by atoms with Crippen LogP contribution >= 0.6 is 0 Å². The Morgan fingerprint density at radius 3 is 2.12 bits per heavy atom. The zero-order valence-electron chi connectivity index (χ0n) is 9.68. The van der Waals surface area contributed by atoms with E-state index in [9.17, 15) is 8.78 Å². The highest BCUT2D eigenvalue weighted by atomic mass is 19.1. The van der Waals surface area contributed by atoms with E-state index < -0.39 is 6.17 Å². The molecule has 0 nitrogen and oxygen atoms in total. The molecule has 16 heavy (non-hydrogen) atoms. The molecular formula is C14H18F2. The summed E-state index contributed by atoms with van der Waals surface area (Å²) in [5, 5.41) is 0. The Morgan fingerprint density at radius 2 is 1.62 bits per heavy atom. The third kappa shape index (κ3) is 1.98. The number of halogens is 2. The van der Waals surface area contributed by atoms with E-state index in [-0.39, 0.29) is 11.2 Å². The smallest absolute Gasteiger partial charge is 0.123 e. The first-order valence-electron chi connectivity index (χ1n) is 6.05. The molecule has 1 aromatic carbocycles. The number of alkyl halides is 1. The van der Waals surface area contributed by atoms with Crippen LogP contribution in [0.15, 0.2) is 24.3 Å². The van der Waals surface area contributed by atoms with Crippen molar-refractivity contribution in [3.05, 3.63) is 35.6 Å². The molecule has 0 saturated heterocycles. The van der Waals surface area contributed by atoms with Crippen molar-refractivity contribution < 1.29 is 8.78 Å². The highest BCUT2D eigenvalue weighted by molar-refractivity contribution is 5.28. The summed E-state index contributed by atoms with van der Waals surface area (Å²) in [4.78, 5) is 0. The van der Waals surface area contributed by atoms with Gasteiger partial charge in [0.1, 0.15) is 12.0 Å². The van der Waals surface area contributed by atoms with Crippen molar-refractivity contribution in [2.45, 2.75) is 50.6 Å². The molecule has 1 atom stereocenters. The van der Waals surface area contributed by atoms with Crippen molar-refractivity contribution in [2.75, 3.05) is 0 Å². The summed E-state index contributed by atoms with van der Waals surface area (Å²) in [6.45, 7) is 1.63. The van der Waals surface area contributed by atoms with E-state index >= 15 is 0 Å². The molecule has 2 heteroatoms. The molecule has 1 fully saturated rings. The first-order valence-corrected chi connectivity index (χ1v) is 6.05. The molecule has 0 N–H and O–H groups in total. The quantitative estimate of drug-likeness (QED) is 0.699. The van der Waals surface area contributed by atoms with Crippen molar-refractivity contribution in [3.8, 4) is 0 Å². The monoisotopic (exact) mass is 224 g/mol. The molecule has 0 amide bonds. The van der Waals surface area contributed by atoms with Crippen molar-refractivity contribution >= 4 is 0 Å². The van der Waals surface area contributed by atoms with Crippen LogP contribution in [0.4, 0.5) is 8.78 Å². The lowest BCUT2D eigenvalue weighted by molar-refractivity contribution is 0.151. The fourth-order valence-electron chi connectivity index (χ4n) is 2.88. The lowest BCUT2D eigenvalue weighted by Crippen LogP contribution is -2.37. The van der Waals surface area contributed by atoms with E-state index in [0.717, 1.165) is 31.2 Å². The Labute approximate surface area is 95.7 Å². The average molecular weight is 224 g/mol. The van der Waals surface area contributed by atoms with E-state index in [4.69, 9.17) is 0 Å². The van der Waals surface area contributed by atoms with Gasteiger partial charge in [-0.3, -0.25) is 0 Å². The molecule has 1 aromatic rings. The maximum Gasteiger partial charge on any atom is 0.123 e. The van der Waals surface area contributed by atoms with Gasteiger partial charge in [0.2, 0.25) is 0 Å². The topological polar surface area (TPSA) is 0 Å². The molecule has 0 aliphatic heterocycles. The second kappa shape index (κ2) is 4.52. The SMILES string of the molecule is CC(F)C1(c2ccc(F)cc2)CCCCC1. The Bertz CT molecular complexity index is 334. The molecule has 1 unspecified atom stereocenters. The van der Waals surface area contributed by atoms with Crippen molar-refractivity contribution in [1.82, 2.24) is 0 Å². The van der Waals surface area contributed by atoms with Crippen LogP contribution in [-0.4, -0.2) is 6.17 Å². The second-order valence-electron chi connectivity index (χ2n) is 4.84. The van der Waals surface area contributed by atoms with Gasteiger partial charge in [0.25, 0.3) is 0 Å². The molecule has 0 spiro atoms. The van der Waals surface area contributed by atoms with Crippen LogP contribution in [0.1, 0.15) is 44.6 Å². The molecule has 0 radical (unpaired) electrons. The molecule has 1 saturated carbocycles. The van der Waals surface area contributed by atoms with Crippen LogP contribution in [0.3, 0.4) is 0 Å². The van der Waals surface area contributed by atoms with E-state index in [1.54, 1.807) is 19.1 Å². The maximum absolute atomic E-state index is 13.9.